The Morgan fingerprint density at radius 3 is 2.68 bits per heavy atom. The number of anilines is 1. The quantitative estimate of drug-likeness (QED) is 0.606. The lowest BCUT2D eigenvalue weighted by molar-refractivity contribution is -0.384. The van der Waals surface area contributed by atoms with Gasteiger partial charge in [-0.3, -0.25) is 10.1 Å². The van der Waals surface area contributed by atoms with Gasteiger partial charge in [0, 0.05) is 6.54 Å². The van der Waals surface area contributed by atoms with Gasteiger partial charge < -0.3 is 10.4 Å². The number of nitrogens with zero attached hydrogens (tertiary/aromatic N) is 3. The Balaban J connectivity index is 2.37. The number of hydrogen-bond donors (Lipinski definition) is 2. The maximum Gasteiger partial charge on any atom is 0.333 e. The van der Waals surface area contributed by atoms with E-state index in [1.807, 2.05) is 6.92 Å². The van der Waals surface area contributed by atoms with Crippen LogP contribution in [0.15, 0.2) is 0 Å². The summed E-state index contributed by atoms with van der Waals surface area (Å²) in [5.41, 5.74) is 0.0180. The van der Waals surface area contributed by atoms with E-state index in [9.17, 15) is 15.2 Å². The van der Waals surface area contributed by atoms with E-state index in [0.717, 1.165) is 25.7 Å². The largest absolute Gasteiger partial charge is 0.394 e. The van der Waals surface area contributed by atoms with Gasteiger partial charge in [-0.1, -0.05) is 6.92 Å². The third-order valence-electron chi connectivity index (χ3n) is 3.71. The van der Waals surface area contributed by atoms with Crippen molar-refractivity contribution < 1.29 is 10.0 Å². The predicted molar refractivity (Wildman–Crippen MR) is 71.2 cm³/mol. The molecule has 2 N–H and O–H groups in total. The molecule has 19 heavy (non-hydrogen) atoms. The molecule has 1 saturated carbocycles. The summed E-state index contributed by atoms with van der Waals surface area (Å²) in [4.78, 5) is 10.8. The molecule has 0 saturated heterocycles. The highest BCUT2D eigenvalue weighted by atomic mass is 16.6. The first-order valence-corrected chi connectivity index (χ1v) is 6.64. The Morgan fingerprint density at radius 1 is 1.58 bits per heavy atom. The van der Waals surface area contributed by atoms with Gasteiger partial charge >= 0.3 is 5.69 Å². The van der Waals surface area contributed by atoms with Gasteiger partial charge in [-0.2, -0.15) is 5.10 Å². The van der Waals surface area contributed by atoms with E-state index < -0.39 is 10.5 Å². The summed E-state index contributed by atoms with van der Waals surface area (Å²) in [5, 5.41) is 28.1. The van der Waals surface area contributed by atoms with Crippen LogP contribution in [0.5, 0.6) is 0 Å². The van der Waals surface area contributed by atoms with E-state index in [4.69, 9.17) is 0 Å². The molecule has 0 spiro atoms. The van der Waals surface area contributed by atoms with Crippen molar-refractivity contribution in [1.29, 1.82) is 0 Å². The third kappa shape index (κ3) is 2.42. The number of nitro groups is 1. The molecule has 7 nitrogen and oxygen atoms in total. The zero-order valence-corrected chi connectivity index (χ0v) is 11.3. The number of hydrogen-bond acceptors (Lipinski definition) is 5. The minimum Gasteiger partial charge on any atom is -0.394 e. The third-order valence-corrected chi connectivity index (χ3v) is 3.71. The van der Waals surface area contributed by atoms with Crippen LogP contribution < -0.4 is 5.32 Å². The molecule has 0 amide bonds. The lowest BCUT2D eigenvalue weighted by Crippen LogP contribution is -2.48. The molecule has 0 bridgehead atoms. The molecule has 0 unspecified atom stereocenters. The van der Waals surface area contributed by atoms with Crippen molar-refractivity contribution >= 4 is 11.5 Å². The molecule has 0 aromatic carbocycles. The summed E-state index contributed by atoms with van der Waals surface area (Å²) in [6.45, 7) is 4.25. The van der Waals surface area contributed by atoms with Crippen molar-refractivity contribution in [3.63, 3.8) is 0 Å². The van der Waals surface area contributed by atoms with Crippen LogP contribution in [0.4, 0.5) is 11.5 Å². The monoisotopic (exact) mass is 268 g/mol. The number of aryl methyl sites for hydroxylation is 2. The number of nitrogens with one attached hydrogen (secondary N) is 1. The van der Waals surface area contributed by atoms with Crippen molar-refractivity contribution in [1.82, 2.24) is 9.78 Å². The molecule has 1 heterocycles. The SMILES string of the molecule is CCCn1nc(C)c([N+](=O)[O-])c1NC1(CO)CCC1. The summed E-state index contributed by atoms with van der Waals surface area (Å²) < 4.78 is 1.64. The van der Waals surface area contributed by atoms with Gasteiger partial charge in [-0.15, -0.1) is 0 Å². The second kappa shape index (κ2) is 5.16. The number of aliphatic hydroxyl groups is 1. The predicted octanol–water partition coefficient (Wildman–Crippen LogP) is 1.84. The van der Waals surface area contributed by atoms with Gasteiger partial charge in [-0.25, -0.2) is 4.68 Å². The average Bonchev–Trinajstić information content (AvgIpc) is 2.60. The first kappa shape index (κ1) is 13.8. The summed E-state index contributed by atoms with van der Waals surface area (Å²) in [6, 6.07) is 0. The first-order chi connectivity index (χ1) is 9.03. The van der Waals surface area contributed by atoms with E-state index in [-0.39, 0.29) is 12.3 Å². The first-order valence-electron chi connectivity index (χ1n) is 6.64. The molecule has 1 aromatic rings. The summed E-state index contributed by atoms with van der Waals surface area (Å²) in [6.07, 6.45) is 3.54. The lowest BCUT2D eigenvalue weighted by Gasteiger charge is -2.41. The molecule has 0 atom stereocenters. The summed E-state index contributed by atoms with van der Waals surface area (Å²) >= 11 is 0. The Bertz CT molecular complexity index is 474. The molecule has 0 aliphatic heterocycles. The Kier molecular flexibility index (Phi) is 3.75. The highest BCUT2D eigenvalue weighted by molar-refractivity contribution is 5.61. The summed E-state index contributed by atoms with van der Waals surface area (Å²) in [7, 11) is 0. The van der Waals surface area contributed by atoms with Crippen molar-refractivity contribution in [2.24, 2.45) is 0 Å². The van der Waals surface area contributed by atoms with Gasteiger partial charge in [0.2, 0.25) is 5.82 Å². The molecular formula is C12H20N4O3. The molecule has 1 fully saturated rings. The van der Waals surface area contributed by atoms with Crippen LogP contribution in [0.25, 0.3) is 0 Å². The standard InChI is InChI=1S/C12H20N4O3/c1-3-7-15-11(10(16(18)19)9(2)14-15)13-12(8-17)5-4-6-12/h13,17H,3-8H2,1-2H3. The highest BCUT2D eigenvalue weighted by Crippen LogP contribution is 2.38. The van der Waals surface area contributed by atoms with Crippen molar-refractivity contribution in [3.8, 4) is 0 Å². The van der Waals surface area contributed by atoms with Gasteiger partial charge in [0.1, 0.15) is 5.69 Å². The number of aromatic nitrogens is 2. The fraction of sp³-hybridized carbons (Fsp3) is 0.750. The van der Waals surface area contributed by atoms with Gasteiger partial charge in [0.15, 0.2) is 0 Å². The topological polar surface area (TPSA) is 93.2 Å². The molecule has 7 heteroatoms. The maximum absolute atomic E-state index is 11.2. The van der Waals surface area contributed by atoms with E-state index >= 15 is 0 Å². The molecule has 0 radical (unpaired) electrons. The summed E-state index contributed by atoms with van der Waals surface area (Å²) in [5.74, 6) is 0.429. The highest BCUT2D eigenvalue weighted by Gasteiger charge is 2.39. The van der Waals surface area contributed by atoms with Crippen LogP contribution in [-0.2, 0) is 6.54 Å². The van der Waals surface area contributed by atoms with Gasteiger partial charge in [0.25, 0.3) is 0 Å². The van der Waals surface area contributed by atoms with E-state index in [0.29, 0.717) is 18.1 Å². The van der Waals surface area contributed by atoms with Gasteiger partial charge in [-0.05, 0) is 32.6 Å². The van der Waals surface area contributed by atoms with Crippen molar-refractivity contribution in [2.45, 2.75) is 51.6 Å². The van der Waals surface area contributed by atoms with Crippen LogP contribution in [0.1, 0.15) is 38.3 Å². The molecular weight excluding hydrogens is 248 g/mol. The van der Waals surface area contributed by atoms with Gasteiger partial charge in [0.05, 0.1) is 17.1 Å². The number of rotatable bonds is 6. The second-order valence-electron chi connectivity index (χ2n) is 5.18. The maximum atomic E-state index is 11.2. The Hall–Kier alpha value is -1.63. The van der Waals surface area contributed by atoms with E-state index in [1.165, 1.54) is 0 Å². The zero-order chi connectivity index (χ0) is 14.0. The molecule has 1 aromatic heterocycles. The van der Waals surface area contributed by atoms with Crippen LogP contribution >= 0.6 is 0 Å². The Labute approximate surface area is 111 Å². The zero-order valence-electron chi connectivity index (χ0n) is 11.3. The van der Waals surface area contributed by atoms with Crippen LogP contribution in [0.2, 0.25) is 0 Å². The normalized spacial score (nSPS) is 17.0. The second-order valence-corrected chi connectivity index (χ2v) is 5.18. The van der Waals surface area contributed by atoms with Crippen molar-refractivity contribution in [2.75, 3.05) is 11.9 Å². The number of aliphatic hydroxyl groups excluding tert-OH is 1. The van der Waals surface area contributed by atoms with Crippen LogP contribution in [0, 0.1) is 17.0 Å². The fourth-order valence-corrected chi connectivity index (χ4v) is 2.47. The lowest BCUT2D eigenvalue weighted by atomic mass is 9.77. The molecule has 1 aliphatic rings. The molecule has 106 valence electrons. The smallest absolute Gasteiger partial charge is 0.333 e. The minimum absolute atomic E-state index is 0.0134. The molecule has 1 aliphatic carbocycles. The fourth-order valence-electron chi connectivity index (χ4n) is 2.47. The van der Waals surface area contributed by atoms with E-state index in [2.05, 4.69) is 10.4 Å². The average molecular weight is 268 g/mol. The van der Waals surface area contributed by atoms with Crippen LogP contribution in [-0.4, -0.2) is 32.0 Å². The van der Waals surface area contributed by atoms with Crippen LogP contribution in [0.3, 0.4) is 0 Å². The van der Waals surface area contributed by atoms with Crippen molar-refractivity contribution in [3.05, 3.63) is 15.8 Å². The molecule has 2 rings (SSSR count). The van der Waals surface area contributed by atoms with E-state index in [1.54, 1.807) is 11.6 Å². The minimum atomic E-state index is -0.414. The Morgan fingerprint density at radius 2 is 2.26 bits per heavy atom.